The van der Waals surface area contributed by atoms with Crippen LogP contribution in [0.15, 0.2) is 29.2 Å². The van der Waals surface area contributed by atoms with E-state index in [0.29, 0.717) is 0 Å². The highest BCUT2D eigenvalue weighted by Crippen LogP contribution is 2.18. The molecular formula is C18H29N3O2S. The number of benzene rings is 1. The third-order valence-corrected chi connectivity index (χ3v) is 5.06. The Hall–Kier alpha value is -1.24. The van der Waals surface area contributed by atoms with Gasteiger partial charge < -0.3 is 15.0 Å². The fourth-order valence-corrected chi connectivity index (χ4v) is 3.50. The molecule has 0 saturated carbocycles. The van der Waals surface area contributed by atoms with Crippen LogP contribution in [-0.2, 0) is 4.74 Å². The smallest absolute Gasteiger partial charge is 0.317 e. The average Bonchev–Trinajstić information content (AvgIpc) is 2.57. The van der Waals surface area contributed by atoms with Gasteiger partial charge in [-0.1, -0.05) is 17.7 Å². The van der Waals surface area contributed by atoms with Gasteiger partial charge >= 0.3 is 6.03 Å². The lowest BCUT2D eigenvalue weighted by Crippen LogP contribution is -2.49. The first-order valence-corrected chi connectivity index (χ1v) is 9.54. The van der Waals surface area contributed by atoms with Gasteiger partial charge in [0.1, 0.15) is 0 Å². The SMILES string of the molecule is Cc1ccc(SCCN(C)C(=O)N[C@H](C)CN2CCOCC2)cc1. The molecule has 1 aromatic rings. The van der Waals surface area contributed by atoms with E-state index in [4.69, 9.17) is 4.74 Å². The van der Waals surface area contributed by atoms with Crippen LogP contribution in [-0.4, -0.2) is 74.1 Å². The number of amides is 2. The van der Waals surface area contributed by atoms with Crippen LogP contribution in [0.1, 0.15) is 12.5 Å². The molecule has 0 aliphatic carbocycles. The van der Waals surface area contributed by atoms with Crippen LogP contribution in [0.3, 0.4) is 0 Å². The molecule has 1 fully saturated rings. The lowest BCUT2D eigenvalue weighted by molar-refractivity contribution is 0.0347. The minimum Gasteiger partial charge on any atom is -0.379 e. The molecule has 0 unspecified atom stereocenters. The van der Waals surface area contributed by atoms with Crippen LogP contribution < -0.4 is 5.32 Å². The number of hydrogen-bond acceptors (Lipinski definition) is 4. The van der Waals surface area contributed by atoms with Crippen LogP contribution in [0, 0.1) is 6.92 Å². The first-order valence-electron chi connectivity index (χ1n) is 8.56. The Morgan fingerprint density at radius 3 is 2.67 bits per heavy atom. The number of hydrogen-bond donors (Lipinski definition) is 1. The van der Waals surface area contributed by atoms with Gasteiger partial charge in [0.25, 0.3) is 0 Å². The molecule has 0 radical (unpaired) electrons. The highest BCUT2D eigenvalue weighted by molar-refractivity contribution is 7.99. The number of nitrogens with zero attached hydrogens (tertiary/aromatic N) is 2. The summed E-state index contributed by atoms with van der Waals surface area (Å²) in [5.41, 5.74) is 1.27. The van der Waals surface area contributed by atoms with Crippen molar-refractivity contribution in [3.05, 3.63) is 29.8 Å². The van der Waals surface area contributed by atoms with Gasteiger partial charge in [0.05, 0.1) is 13.2 Å². The molecule has 0 aromatic heterocycles. The average molecular weight is 352 g/mol. The molecule has 1 aliphatic heterocycles. The van der Waals surface area contributed by atoms with E-state index in [2.05, 4.69) is 48.3 Å². The summed E-state index contributed by atoms with van der Waals surface area (Å²) in [5, 5.41) is 3.08. The number of thioether (sulfide) groups is 1. The minimum atomic E-state index is 0.000246. The lowest BCUT2D eigenvalue weighted by atomic mass is 10.2. The predicted octanol–water partition coefficient (Wildman–Crippen LogP) is 2.45. The standard InChI is InChI=1S/C18H29N3O2S/c1-15-4-6-17(7-5-15)24-13-10-20(3)18(22)19-16(2)14-21-8-11-23-12-9-21/h4-7,16H,8-14H2,1-3H3,(H,19,22)/t16-/m1/s1. The van der Waals surface area contributed by atoms with Gasteiger partial charge in [-0.25, -0.2) is 4.79 Å². The largest absolute Gasteiger partial charge is 0.379 e. The Balaban J connectivity index is 1.64. The Morgan fingerprint density at radius 2 is 2.00 bits per heavy atom. The minimum absolute atomic E-state index is 0.000246. The van der Waals surface area contributed by atoms with Gasteiger partial charge in [0.15, 0.2) is 0 Å². The molecule has 2 rings (SSSR count). The number of carbonyl (C=O) groups excluding carboxylic acids is 1. The van der Waals surface area contributed by atoms with E-state index >= 15 is 0 Å². The molecule has 1 atom stereocenters. The van der Waals surface area contributed by atoms with Crippen molar-refractivity contribution < 1.29 is 9.53 Å². The third kappa shape index (κ3) is 6.71. The first kappa shape index (κ1) is 19.1. The molecule has 1 heterocycles. The molecule has 5 nitrogen and oxygen atoms in total. The fourth-order valence-electron chi connectivity index (χ4n) is 2.57. The monoisotopic (exact) mass is 351 g/mol. The number of aryl methyl sites for hydroxylation is 1. The molecule has 1 aliphatic rings. The lowest BCUT2D eigenvalue weighted by Gasteiger charge is -2.30. The van der Waals surface area contributed by atoms with Crippen LogP contribution >= 0.6 is 11.8 Å². The number of nitrogens with one attached hydrogen (secondary N) is 1. The van der Waals surface area contributed by atoms with E-state index in [1.54, 1.807) is 16.7 Å². The van der Waals surface area contributed by atoms with E-state index in [9.17, 15) is 4.79 Å². The summed E-state index contributed by atoms with van der Waals surface area (Å²) in [6.45, 7) is 9.22. The molecule has 6 heteroatoms. The van der Waals surface area contributed by atoms with E-state index in [1.807, 2.05) is 7.05 Å². The van der Waals surface area contributed by atoms with Gasteiger partial charge in [0, 0.05) is 49.9 Å². The van der Waals surface area contributed by atoms with Gasteiger partial charge in [-0.15, -0.1) is 11.8 Å². The zero-order valence-electron chi connectivity index (χ0n) is 15.0. The fraction of sp³-hybridized carbons (Fsp3) is 0.611. The van der Waals surface area contributed by atoms with Crippen LogP contribution in [0.4, 0.5) is 4.79 Å². The van der Waals surface area contributed by atoms with E-state index in [1.165, 1.54) is 10.5 Å². The number of morpholine rings is 1. The molecule has 1 N–H and O–H groups in total. The van der Waals surface area contributed by atoms with E-state index < -0.39 is 0 Å². The summed E-state index contributed by atoms with van der Waals surface area (Å²) in [4.78, 5) is 17.6. The van der Waals surface area contributed by atoms with Crippen molar-refractivity contribution in [2.75, 3.05) is 52.2 Å². The Bertz CT molecular complexity index is 503. The van der Waals surface area contributed by atoms with Crippen molar-refractivity contribution in [1.29, 1.82) is 0 Å². The Morgan fingerprint density at radius 1 is 1.33 bits per heavy atom. The molecule has 0 bridgehead atoms. The maximum Gasteiger partial charge on any atom is 0.317 e. The number of carbonyl (C=O) groups is 1. The summed E-state index contributed by atoms with van der Waals surface area (Å²) in [7, 11) is 1.85. The summed E-state index contributed by atoms with van der Waals surface area (Å²) in [6, 6.07) is 8.63. The first-order chi connectivity index (χ1) is 11.5. The van der Waals surface area contributed by atoms with Crippen LogP contribution in [0.25, 0.3) is 0 Å². The van der Waals surface area contributed by atoms with Crippen molar-refractivity contribution >= 4 is 17.8 Å². The van der Waals surface area contributed by atoms with Crippen molar-refractivity contribution in [2.45, 2.75) is 24.8 Å². The van der Waals surface area contributed by atoms with Crippen molar-refractivity contribution in [3.8, 4) is 0 Å². The zero-order valence-corrected chi connectivity index (χ0v) is 15.8. The van der Waals surface area contributed by atoms with Crippen LogP contribution in [0.2, 0.25) is 0 Å². The molecule has 0 spiro atoms. The maximum absolute atomic E-state index is 12.2. The molecule has 2 amide bonds. The van der Waals surface area contributed by atoms with Crippen molar-refractivity contribution in [1.82, 2.24) is 15.1 Å². The van der Waals surface area contributed by atoms with Crippen LogP contribution in [0.5, 0.6) is 0 Å². The summed E-state index contributed by atoms with van der Waals surface area (Å²) >= 11 is 1.78. The third-order valence-electron chi connectivity index (χ3n) is 4.07. The second-order valence-corrected chi connectivity index (χ2v) is 7.51. The molecule has 1 aromatic carbocycles. The van der Waals surface area contributed by atoms with Crippen molar-refractivity contribution in [3.63, 3.8) is 0 Å². The topological polar surface area (TPSA) is 44.8 Å². The van der Waals surface area contributed by atoms with E-state index in [-0.39, 0.29) is 12.1 Å². The quantitative estimate of drug-likeness (QED) is 0.767. The second kappa shape index (κ2) is 9.91. The highest BCUT2D eigenvalue weighted by atomic mass is 32.2. The number of urea groups is 1. The number of ether oxygens (including phenoxy) is 1. The van der Waals surface area contributed by atoms with E-state index in [0.717, 1.165) is 45.1 Å². The summed E-state index contributed by atoms with van der Waals surface area (Å²) < 4.78 is 5.35. The summed E-state index contributed by atoms with van der Waals surface area (Å²) in [6.07, 6.45) is 0. The Labute approximate surface area is 149 Å². The highest BCUT2D eigenvalue weighted by Gasteiger charge is 2.16. The molecule has 1 saturated heterocycles. The van der Waals surface area contributed by atoms with Gasteiger partial charge in [-0.2, -0.15) is 0 Å². The van der Waals surface area contributed by atoms with Gasteiger partial charge in [0.2, 0.25) is 0 Å². The molecular weight excluding hydrogens is 322 g/mol. The normalized spacial score (nSPS) is 16.6. The second-order valence-electron chi connectivity index (χ2n) is 6.35. The summed E-state index contributed by atoms with van der Waals surface area (Å²) in [5.74, 6) is 0.894. The zero-order chi connectivity index (χ0) is 17.4. The van der Waals surface area contributed by atoms with Crippen molar-refractivity contribution in [2.24, 2.45) is 0 Å². The van der Waals surface area contributed by atoms with Gasteiger partial charge in [-0.3, -0.25) is 4.90 Å². The number of rotatable bonds is 7. The maximum atomic E-state index is 12.2. The molecule has 24 heavy (non-hydrogen) atoms. The van der Waals surface area contributed by atoms with Gasteiger partial charge in [-0.05, 0) is 26.0 Å². The Kier molecular flexibility index (Phi) is 7.88. The predicted molar refractivity (Wildman–Crippen MR) is 99.8 cm³/mol. The molecule has 134 valence electrons.